The molecule has 7 nitrogen and oxygen atoms in total. The van der Waals surface area contributed by atoms with Crippen LogP contribution in [0.3, 0.4) is 0 Å². The molecular formula is C12H19N3O4S. The van der Waals surface area contributed by atoms with Crippen LogP contribution in [0.1, 0.15) is 31.5 Å². The average molecular weight is 301 g/mol. The lowest BCUT2D eigenvalue weighted by Gasteiger charge is -2.30. The zero-order valence-electron chi connectivity index (χ0n) is 11.4. The number of H-pyrrole nitrogens is 1. The number of aromatic nitrogens is 2. The molecule has 1 aromatic rings. The maximum atomic E-state index is 12.3. The summed E-state index contributed by atoms with van der Waals surface area (Å²) in [7, 11) is -3.50. The van der Waals surface area contributed by atoms with E-state index in [4.69, 9.17) is 5.11 Å². The van der Waals surface area contributed by atoms with Crippen molar-refractivity contribution in [1.29, 1.82) is 0 Å². The molecule has 0 aliphatic carbocycles. The Labute approximate surface area is 118 Å². The van der Waals surface area contributed by atoms with Gasteiger partial charge >= 0.3 is 5.97 Å². The summed E-state index contributed by atoms with van der Waals surface area (Å²) >= 11 is 0. The number of imidazole rings is 1. The van der Waals surface area contributed by atoms with E-state index in [2.05, 4.69) is 9.97 Å². The van der Waals surface area contributed by atoms with Crippen LogP contribution in [-0.2, 0) is 14.8 Å². The van der Waals surface area contributed by atoms with Gasteiger partial charge in [0.25, 0.3) is 10.0 Å². The molecule has 0 atom stereocenters. The monoisotopic (exact) mass is 301 g/mol. The van der Waals surface area contributed by atoms with Gasteiger partial charge in [0, 0.05) is 19.5 Å². The van der Waals surface area contributed by atoms with Gasteiger partial charge in [-0.25, -0.2) is 13.4 Å². The lowest BCUT2D eigenvalue weighted by atomic mass is 9.93. The largest absolute Gasteiger partial charge is 0.481 e. The summed E-state index contributed by atoms with van der Waals surface area (Å²) in [6.45, 7) is 2.58. The molecule has 1 aromatic heterocycles. The third kappa shape index (κ3) is 3.37. The number of aliphatic carboxylic acids is 1. The maximum absolute atomic E-state index is 12.3. The predicted octanol–water partition coefficient (Wildman–Crippen LogP) is 0.984. The van der Waals surface area contributed by atoms with Gasteiger partial charge in [-0.3, -0.25) is 4.79 Å². The van der Waals surface area contributed by atoms with Crippen LogP contribution in [-0.4, -0.2) is 46.9 Å². The molecule has 2 heterocycles. The molecule has 8 heteroatoms. The van der Waals surface area contributed by atoms with Crippen LogP contribution in [0.15, 0.2) is 11.2 Å². The third-order valence-corrected chi connectivity index (χ3v) is 5.45. The van der Waals surface area contributed by atoms with E-state index in [-0.39, 0.29) is 11.4 Å². The minimum Gasteiger partial charge on any atom is -0.481 e. The van der Waals surface area contributed by atoms with Crippen molar-refractivity contribution < 1.29 is 18.3 Å². The second kappa shape index (κ2) is 5.92. The maximum Gasteiger partial charge on any atom is 0.303 e. The van der Waals surface area contributed by atoms with E-state index >= 15 is 0 Å². The summed E-state index contributed by atoms with van der Waals surface area (Å²) in [5, 5.41) is 8.78. The Morgan fingerprint density at radius 3 is 2.65 bits per heavy atom. The fourth-order valence-electron chi connectivity index (χ4n) is 2.43. The van der Waals surface area contributed by atoms with Crippen LogP contribution in [0.4, 0.5) is 0 Å². The Balaban J connectivity index is 1.95. The van der Waals surface area contributed by atoms with Crippen LogP contribution in [0.25, 0.3) is 0 Å². The van der Waals surface area contributed by atoms with Crippen molar-refractivity contribution in [2.75, 3.05) is 13.1 Å². The molecule has 0 radical (unpaired) electrons. The molecule has 0 bridgehead atoms. The minimum absolute atomic E-state index is 0.124. The molecule has 1 saturated heterocycles. The second-order valence-electron chi connectivity index (χ2n) is 5.11. The highest BCUT2D eigenvalue weighted by Crippen LogP contribution is 2.25. The summed E-state index contributed by atoms with van der Waals surface area (Å²) in [6, 6.07) is 0. The average Bonchev–Trinajstić information content (AvgIpc) is 2.84. The van der Waals surface area contributed by atoms with E-state index in [1.54, 1.807) is 6.92 Å². The number of aryl methyl sites for hydroxylation is 1. The van der Waals surface area contributed by atoms with Gasteiger partial charge in [0.2, 0.25) is 0 Å². The van der Waals surface area contributed by atoms with Crippen molar-refractivity contribution in [1.82, 2.24) is 14.3 Å². The summed E-state index contributed by atoms with van der Waals surface area (Å²) in [6.07, 6.45) is 3.52. The van der Waals surface area contributed by atoms with Crippen LogP contribution >= 0.6 is 0 Å². The fraction of sp³-hybridized carbons (Fsp3) is 0.667. The molecule has 0 spiro atoms. The normalized spacial score (nSPS) is 18.2. The van der Waals surface area contributed by atoms with E-state index in [0.717, 1.165) is 0 Å². The Morgan fingerprint density at radius 1 is 1.50 bits per heavy atom. The van der Waals surface area contributed by atoms with Crippen molar-refractivity contribution >= 4 is 16.0 Å². The van der Waals surface area contributed by atoms with Crippen molar-refractivity contribution in [3.8, 4) is 0 Å². The fourth-order valence-corrected chi connectivity index (χ4v) is 3.87. The van der Waals surface area contributed by atoms with E-state index in [9.17, 15) is 13.2 Å². The molecular weight excluding hydrogens is 282 g/mol. The van der Waals surface area contributed by atoms with Crippen molar-refractivity contribution in [2.24, 2.45) is 5.92 Å². The van der Waals surface area contributed by atoms with E-state index in [1.165, 1.54) is 10.5 Å². The lowest BCUT2D eigenvalue weighted by molar-refractivity contribution is -0.137. The summed E-state index contributed by atoms with van der Waals surface area (Å²) in [4.78, 5) is 17.2. The van der Waals surface area contributed by atoms with Crippen molar-refractivity contribution in [3.63, 3.8) is 0 Å². The van der Waals surface area contributed by atoms with Gasteiger partial charge in [0.1, 0.15) is 5.82 Å². The molecule has 2 N–H and O–H groups in total. The Morgan fingerprint density at radius 2 is 2.15 bits per heavy atom. The number of rotatable bonds is 5. The Bertz CT molecular complexity index is 573. The number of hydrogen-bond donors (Lipinski definition) is 2. The number of sulfonamides is 1. The highest BCUT2D eigenvalue weighted by Gasteiger charge is 2.30. The molecule has 1 aliphatic heterocycles. The minimum atomic E-state index is -3.50. The topological polar surface area (TPSA) is 103 Å². The molecule has 0 aromatic carbocycles. The van der Waals surface area contributed by atoms with Crippen molar-refractivity contribution in [3.05, 3.63) is 12.0 Å². The molecule has 112 valence electrons. The predicted molar refractivity (Wildman–Crippen MR) is 71.7 cm³/mol. The first kappa shape index (κ1) is 15.0. The van der Waals surface area contributed by atoms with E-state index < -0.39 is 16.0 Å². The van der Waals surface area contributed by atoms with Gasteiger partial charge in [0.05, 0.1) is 6.20 Å². The molecule has 0 saturated carbocycles. The summed E-state index contributed by atoms with van der Waals surface area (Å²) in [5.74, 6) is 0.0639. The van der Waals surface area contributed by atoms with Gasteiger partial charge in [-0.15, -0.1) is 0 Å². The van der Waals surface area contributed by atoms with Crippen LogP contribution in [0, 0.1) is 12.8 Å². The number of aromatic amines is 1. The van der Waals surface area contributed by atoms with Crippen molar-refractivity contribution in [2.45, 2.75) is 37.6 Å². The third-order valence-electron chi connectivity index (χ3n) is 3.64. The number of hydrogen-bond acceptors (Lipinski definition) is 4. The first-order valence-electron chi connectivity index (χ1n) is 6.63. The highest BCUT2D eigenvalue weighted by atomic mass is 32.2. The highest BCUT2D eigenvalue weighted by molar-refractivity contribution is 7.89. The van der Waals surface area contributed by atoms with Crippen LogP contribution in [0.2, 0.25) is 0 Å². The quantitative estimate of drug-likeness (QED) is 0.844. The van der Waals surface area contributed by atoms with Crippen LogP contribution in [0.5, 0.6) is 0 Å². The van der Waals surface area contributed by atoms with Gasteiger partial charge in [0.15, 0.2) is 5.03 Å². The molecule has 2 rings (SSSR count). The number of carbonyl (C=O) groups is 1. The van der Waals surface area contributed by atoms with Gasteiger partial charge in [-0.1, -0.05) is 0 Å². The number of carboxylic acid groups (broad SMARTS) is 1. The zero-order chi connectivity index (χ0) is 14.8. The van der Waals surface area contributed by atoms with E-state index in [1.807, 2.05) is 0 Å². The zero-order valence-corrected chi connectivity index (χ0v) is 12.2. The van der Waals surface area contributed by atoms with Crippen LogP contribution < -0.4 is 0 Å². The number of nitrogens with one attached hydrogen (secondary N) is 1. The molecule has 1 fully saturated rings. The number of nitrogens with zero attached hydrogens (tertiary/aromatic N) is 2. The molecule has 1 aliphatic rings. The van der Waals surface area contributed by atoms with E-state index in [0.29, 0.717) is 44.1 Å². The number of carboxylic acids is 1. The summed E-state index contributed by atoms with van der Waals surface area (Å²) in [5.41, 5.74) is 0. The SMILES string of the molecule is Cc1ncc(S(=O)(=O)N2CCC(CCC(=O)O)CC2)[nH]1. The Kier molecular flexibility index (Phi) is 4.44. The first-order valence-corrected chi connectivity index (χ1v) is 8.07. The van der Waals surface area contributed by atoms with Gasteiger partial charge in [-0.05, 0) is 32.1 Å². The first-order chi connectivity index (χ1) is 9.39. The Hall–Kier alpha value is -1.41. The number of piperidine rings is 1. The molecule has 20 heavy (non-hydrogen) atoms. The second-order valence-corrected chi connectivity index (χ2v) is 7.02. The lowest BCUT2D eigenvalue weighted by Crippen LogP contribution is -2.38. The molecule has 0 amide bonds. The molecule has 0 unspecified atom stereocenters. The smallest absolute Gasteiger partial charge is 0.303 e. The summed E-state index contributed by atoms with van der Waals surface area (Å²) < 4.78 is 26.1. The van der Waals surface area contributed by atoms with Gasteiger partial charge < -0.3 is 10.1 Å². The van der Waals surface area contributed by atoms with Gasteiger partial charge in [-0.2, -0.15) is 4.31 Å². The standard InChI is InChI=1S/C12H19N3O4S/c1-9-13-8-11(14-9)20(18,19)15-6-4-10(5-7-15)2-3-12(16)17/h8,10H,2-7H2,1H3,(H,13,14)(H,16,17).